The summed E-state index contributed by atoms with van der Waals surface area (Å²) in [6, 6.07) is 18.9. The molecule has 4 N–H and O–H groups in total. The Balaban J connectivity index is 0.000000244. The highest BCUT2D eigenvalue weighted by atomic mass is 79.9. The van der Waals surface area contributed by atoms with Crippen molar-refractivity contribution in [3.8, 4) is 22.7 Å². The minimum atomic E-state index is -0.251. The van der Waals surface area contributed by atoms with E-state index in [0.29, 0.717) is 23.1 Å². The lowest BCUT2D eigenvalue weighted by molar-refractivity contribution is 0.241. The Morgan fingerprint density at radius 1 is 0.905 bits per heavy atom. The molecule has 4 amide bonds. The third-order valence-electron chi connectivity index (χ3n) is 6.43. The molecule has 42 heavy (non-hydrogen) atoms. The average molecular weight is 674 g/mol. The molecule has 0 fully saturated rings. The second-order valence-electron chi connectivity index (χ2n) is 9.30. The van der Waals surface area contributed by atoms with Crippen molar-refractivity contribution in [3.63, 3.8) is 0 Å². The number of ether oxygens (including phenoxy) is 1. The number of aromatic nitrogens is 2. The lowest BCUT2D eigenvalue weighted by Gasteiger charge is -2.17. The largest absolute Gasteiger partial charge is 0.493 e. The van der Waals surface area contributed by atoms with E-state index >= 15 is 0 Å². The van der Waals surface area contributed by atoms with Gasteiger partial charge in [-0.05, 0) is 90.2 Å². The summed E-state index contributed by atoms with van der Waals surface area (Å²) in [6.07, 6.45) is 4.00. The first-order valence-electron chi connectivity index (χ1n) is 13.2. The van der Waals surface area contributed by atoms with E-state index in [1.807, 2.05) is 59.4 Å². The minimum Gasteiger partial charge on any atom is -0.493 e. The van der Waals surface area contributed by atoms with E-state index in [4.69, 9.17) is 33.0 Å². The Hall–Kier alpha value is -3.73. The molecule has 0 atom stereocenters. The predicted molar refractivity (Wildman–Crippen MR) is 170 cm³/mol. The highest BCUT2D eigenvalue weighted by molar-refractivity contribution is 9.10. The van der Waals surface area contributed by atoms with Gasteiger partial charge in [-0.1, -0.05) is 39.1 Å². The Morgan fingerprint density at radius 2 is 1.57 bits per heavy atom. The number of amides is 4. The number of carbonyl (C=O) groups excluding carboxylic acids is 2. The number of hydrogen-bond donors (Lipinski definition) is 4. The maximum atomic E-state index is 11.4. The molecule has 1 aliphatic heterocycles. The fourth-order valence-electron chi connectivity index (χ4n) is 4.19. The van der Waals surface area contributed by atoms with Gasteiger partial charge in [-0.15, -0.1) is 0 Å². The molecule has 0 saturated carbocycles. The van der Waals surface area contributed by atoms with Crippen LogP contribution in [0.5, 0.6) is 5.75 Å². The molecule has 220 valence electrons. The summed E-state index contributed by atoms with van der Waals surface area (Å²) in [5, 5.41) is 16.4. The second-order valence-corrected chi connectivity index (χ2v) is 11.0. The van der Waals surface area contributed by atoms with Crippen molar-refractivity contribution in [3.05, 3.63) is 98.1 Å². The molecular weight excluding hydrogens is 643 g/mol. The minimum absolute atomic E-state index is 0.221. The Bertz CT molecular complexity index is 1560. The highest BCUT2D eigenvalue weighted by Gasteiger charge is 2.13. The van der Waals surface area contributed by atoms with Crippen LogP contribution in [-0.4, -0.2) is 42.5 Å². The fraction of sp³-hybridized carbons (Fsp3) is 0.233. The van der Waals surface area contributed by atoms with Crippen LogP contribution in [0, 0.1) is 0 Å². The third kappa shape index (κ3) is 8.40. The maximum absolute atomic E-state index is 11.4. The van der Waals surface area contributed by atoms with Crippen LogP contribution < -0.4 is 26.0 Å². The van der Waals surface area contributed by atoms with Gasteiger partial charge in [0, 0.05) is 53.5 Å². The zero-order valence-electron chi connectivity index (χ0n) is 23.1. The van der Waals surface area contributed by atoms with Gasteiger partial charge in [0.2, 0.25) is 0 Å². The molecule has 4 aromatic rings. The summed E-state index contributed by atoms with van der Waals surface area (Å²) in [5.74, 6) is 0.973. The lowest BCUT2D eigenvalue weighted by atomic mass is 10.0. The molecule has 12 heteroatoms. The highest BCUT2D eigenvalue weighted by Crippen LogP contribution is 2.30. The lowest BCUT2D eigenvalue weighted by Crippen LogP contribution is -2.32. The first-order chi connectivity index (χ1) is 20.3. The third-order valence-corrected chi connectivity index (χ3v) is 7.66. The molecule has 0 radical (unpaired) electrons. The van der Waals surface area contributed by atoms with E-state index in [9.17, 15) is 9.59 Å². The summed E-state index contributed by atoms with van der Waals surface area (Å²) in [5.41, 5.74) is 5.78. The number of carbonyl (C=O) groups is 2. The monoisotopic (exact) mass is 672 g/mol. The first-order valence-corrected chi connectivity index (χ1v) is 14.8. The molecule has 2 heterocycles. The van der Waals surface area contributed by atoms with E-state index in [-0.39, 0.29) is 12.1 Å². The molecule has 0 unspecified atom stereocenters. The van der Waals surface area contributed by atoms with E-state index in [0.717, 1.165) is 57.7 Å². The quantitative estimate of drug-likeness (QED) is 0.188. The van der Waals surface area contributed by atoms with Crippen LogP contribution in [0.15, 0.2) is 71.3 Å². The van der Waals surface area contributed by atoms with E-state index in [1.54, 1.807) is 20.2 Å². The molecule has 0 aliphatic carbocycles. The van der Waals surface area contributed by atoms with Gasteiger partial charge in [0.1, 0.15) is 5.75 Å². The van der Waals surface area contributed by atoms with E-state index in [2.05, 4.69) is 43.3 Å². The number of fused-ring (bicyclic) bond motifs is 1. The van der Waals surface area contributed by atoms with Crippen molar-refractivity contribution in [2.24, 2.45) is 0 Å². The van der Waals surface area contributed by atoms with Crippen molar-refractivity contribution < 1.29 is 14.3 Å². The number of halogens is 3. The molecule has 1 aromatic heterocycles. The van der Waals surface area contributed by atoms with Gasteiger partial charge in [-0.25, -0.2) is 14.3 Å². The van der Waals surface area contributed by atoms with Crippen molar-refractivity contribution in [1.82, 2.24) is 31.0 Å². The van der Waals surface area contributed by atoms with Crippen LogP contribution in [0.3, 0.4) is 0 Å². The van der Waals surface area contributed by atoms with Gasteiger partial charge in [-0.3, -0.25) is 0 Å². The zero-order valence-corrected chi connectivity index (χ0v) is 26.2. The summed E-state index contributed by atoms with van der Waals surface area (Å²) >= 11 is 15.5. The van der Waals surface area contributed by atoms with Crippen LogP contribution in [0.1, 0.15) is 23.1 Å². The van der Waals surface area contributed by atoms with Gasteiger partial charge >= 0.3 is 12.1 Å². The number of benzene rings is 3. The Morgan fingerprint density at radius 3 is 2.26 bits per heavy atom. The Labute approximate surface area is 263 Å². The van der Waals surface area contributed by atoms with Gasteiger partial charge in [0.25, 0.3) is 0 Å². The van der Waals surface area contributed by atoms with Gasteiger partial charge < -0.3 is 26.0 Å². The van der Waals surface area contributed by atoms with Gasteiger partial charge in [0.15, 0.2) is 0 Å². The molecule has 9 nitrogen and oxygen atoms in total. The molecule has 1 aliphatic rings. The van der Waals surface area contributed by atoms with Crippen LogP contribution in [-0.2, 0) is 19.5 Å². The number of hydrogen-bond acceptors (Lipinski definition) is 4. The summed E-state index contributed by atoms with van der Waals surface area (Å²) < 4.78 is 8.44. The van der Waals surface area contributed by atoms with E-state index < -0.39 is 0 Å². The second kappa shape index (κ2) is 14.9. The number of nitrogens with one attached hydrogen (secondary N) is 4. The summed E-state index contributed by atoms with van der Waals surface area (Å²) in [6.45, 7) is 1.54. The number of urea groups is 2. The molecule has 5 rings (SSSR count). The van der Waals surface area contributed by atoms with E-state index in [1.165, 1.54) is 5.56 Å². The number of nitrogens with zero attached hydrogens (tertiary/aromatic N) is 2. The number of aryl methyl sites for hydroxylation is 1. The molecule has 0 spiro atoms. The standard InChI is InChI=1S/C21H21ClN4O2.C9H10BrClN2O/c1-23-21(27)24-13-16-12-17(5-6-18(16)22)26-9-8-19(25-26)14-4-7-20-15(11-14)3-2-10-28-20;1-12-9(14)13-5-6-4-7(10)2-3-8(6)11/h4-9,11-12H,2-3,10,13H2,1H3,(H2,23,24,27);2-4H,5H2,1H3,(H2,12,13,14). The topological polar surface area (TPSA) is 109 Å². The van der Waals surface area contributed by atoms with Crippen LogP contribution in [0.2, 0.25) is 10.0 Å². The van der Waals surface area contributed by atoms with Crippen molar-refractivity contribution >= 4 is 51.2 Å². The van der Waals surface area contributed by atoms with Crippen LogP contribution in [0.25, 0.3) is 16.9 Å². The SMILES string of the molecule is CNC(=O)NCc1cc(-n2ccc(-c3ccc4c(c3)CCCO4)n2)ccc1Cl.CNC(=O)NCc1cc(Br)ccc1Cl. The Kier molecular flexibility index (Phi) is 11.1. The zero-order chi connectivity index (χ0) is 30.1. The summed E-state index contributed by atoms with van der Waals surface area (Å²) in [7, 11) is 3.14. The molecule has 0 saturated heterocycles. The van der Waals surface area contributed by atoms with Crippen molar-refractivity contribution in [2.45, 2.75) is 25.9 Å². The predicted octanol–water partition coefficient (Wildman–Crippen LogP) is 6.48. The normalized spacial score (nSPS) is 11.7. The smallest absolute Gasteiger partial charge is 0.314 e. The van der Waals surface area contributed by atoms with Gasteiger partial charge in [-0.2, -0.15) is 5.10 Å². The van der Waals surface area contributed by atoms with Crippen LogP contribution >= 0.6 is 39.1 Å². The van der Waals surface area contributed by atoms with Crippen molar-refractivity contribution in [2.75, 3.05) is 20.7 Å². The first kappa shape index (κ1) is 31.2. The molecular formula is C30H31BrCl2N6O3. The molecule has 3 aromatic carbocycles. The van der Waals surface area contributed by atoms with Crippen LogP contribution in [0.4, 0.5) is 9.59 Å². The fourth-order valence-corrected chi connectivity index (χ4v) is 4.96. The van der Waals surface area contributed by atoms with Crippen molar-refractivity contribution in [1.29, 1.82) is 0 Å². The summed E-state index contributed by atoms with van der Waals surface area (Å²) in [4.78, 5) is 22.3. The number of rotatable bonds is 6. The molecule has 0 bridgehead atoms. The average Bonchev–Trinajstić information content (AvgIpc) is 3.51. The maximum Gasteiger partial charge on any atom is 0.314 e. The van der Waals surface area contributed by atoms with Gasteiger partial charge in [0.05, 0.1) is 18.0 Å².